The van der Waals surface area contributed by atoms with Crippen LogP contribution in [0.4, 0.5) is 11.6 Å². The standard InChI is InChI=1S/C10H20N6/c1-7(6-16(3)4)12-9-5-10(15-11)14-8(2)13-9/h5,7H,6,11H2,1-4H3,(H2,12,13,14,15). The van der Waals surface area contributed by atoms with Gasteiger partial charge in [0.05, 0.1) is 0 Å². The van der Waals surface area contributed by atoms with E-state index in [1.54, 1.807) is 6.07 Å². The van der Waals surface area contributed by atoms with E-state index in [2.05, 4.69) is 32.5 Å². The largest absolute Gasteiger partial charge is 0.366 e. The molecule has 1 aromatic heterocycles. The van der Waals surface area contributed by atoms with E-state index >= 15 is 0 Å². The molecule has 0 aliphatic heterocycles. The summed E-state index contributed by atoms with van der Waals surface area (Å²) in [4.78, 5) is 10.5. The molecular weight excluding hydrogens is 204 g/mol. The molecule has 0 aliphatic carbocycles. The molecule has 1 atom stereocenters. The Morgan fingerprint density at radius 3 is 2.56 bits per heavy atom. The minimum absolute atomic E-state index is 0.315. The average molecular weight is 224 g/mol. The van der Waals surface area contributed by atoms with Gasteiger partial charge in [0, 0.05) is 18.7 Å². The SMILES string of the molecule is Cc1nc(NN)cc(NC(C)CN(C)C)n1. The molecule has 0 bridgehead atoms. The van der Waals surface area contributed by atoms with Gasteiger partial charge in [0.1, 0.15) is 17.5 Å². The second-order valence-electron chi connectivity index (χ2n) is 4.14. The molecule has 6 nitrogen and oxygen atoms in total. The Bertz CT molecular complexity index is 338. The van der Waals surface area contributed by atoms with Crippen LogP contribution in [0, 0.1) is 6.92 Å². The van der Waals surface area contributed by atoms with Crippen LogP contribution in [0.1, 0.15) is 12.7 Å². The lowest BCUT2D eigenvalue weighted by Crippen LogP contribution is -2.30. The number of aryl methyl sites for hydroxylation is 1. The molecule has 0 fully saturated rings. The minimum Gasteiger partial charge on any atom is -0.366 e. The van der Waals surface area contributed by atoms with Gasteiger partial charge < -0.3 is 15.6 Å². The van der Waals surface area contributed by atoms with Crippen molar-refractivity contribution in [1.82, 2.24) is 14.9 Å². The normalized spacial score (nSPS) is 12.6. The highest BCUT2D eigenvalue weighted by molar-refractivity contribution is 5.47. The van der Waals surface area contributed by atoms with Crippen LogP contribution in [0.25, 0.3) is 0 Å². The monoisotopic (exact) mass is 224 g/mol. The summed E-state index contributed by atoms with van der Waals surface area (Å²) < 4.78 is 0. The minimum atomic E-state index is 0.315. The third-order valence-electron chi connectivity index (χ3n) is 2.02. The zero-order chi connectivity index (χ0) is 12.1. The predicted octanol–water partition coefficient (Wildman–Crippen LogP) is 0.433. The first-order valence-electron chi connectivity index (χ1n) is 5.25. The maximum atomic E-state index is 5.32. The number of anilines is 2. The number of nitrogens with two attached hydrogens (primary N) is 1. The molecule has 0 spiro atoms. The Balaban J connectivity index is 2.69. The van der Waals surface area contributed by atoms with Gasteiger partial charge in [-0.3, -0.25) is 0 Å². The summed E-state index contributed by atoms with van der Waals surface area (Å²) in [5, 5.41) is 3.30. The molecule has 0 aromatic carbocycles. The molecule has 1 unspecified atom stereocenters. The van der Waals surface area contributed by atoms with Gasteiger partial charge in [-0.25, -0.2) is 15.8 Å². The van der Waals surface area contributed by atoms with Crippen molar-refractivity contribution >= 4 is 11.6 Å². The van der Waals surface area contributed by atoms with Crippen LogP contribution >= 0.6 is 0 Å². The maximum Gasteiger partial charge on any atom is 0.145 e. The number of nitrogens with one attached hydrogen (secondary N) is 2. The first kappa shape index (κ1) is 12.7. The zero-order valence-corrected chi connectivity index (χ0v) is 10.3. The molecule has 0 amide bonds. The summed E-state index contributed by atoms with van der Waals surface area (Å²) in [5.41, 5.74) is 2.52. The smallest absolute Gasteiger partial charge is 0.145 e. The molecule has 0 radical (unpaired) electrons. The molecule has 90 valence electrons. The lowest BCUT2D eigenvalue weighted by atomic mass is 10.3. The molecule has 4 N–H and O–H groups in total. The summed E-state index contributed by atoms with van der Waals surface area (Å²) >= 11 is 0. The summed E-state index contributed by atoms with van der Waals surface area (Å²) in [6.45, 7) is 4.88. The summed E-state index contributed by atoms with van der Waals surface area (Å²) in [7, 11) is 4.08. The van der Waals surface area contributed by atoms with Gasteiger partial charge in [0.25, 0.3) is 0 Å². The Morgan fingerprint density at radius 2 is 2.00 bits per heavy atom. The van der Waals surface area contributed by atoms with Crippen LogP contribution in [0.15, 0.2) is 6.07 Å². The number of rotatable bonds is 5. The predicted molar refractivity (Wildman–Crippen MR) is 66.2 cm³/mol. The molecule has 1 heterocycles. The maximum absolute atomic E-state index is 5.32. The molecule has 1 rings (SSSR count). The van der Waals surface area contributed by atoms with Crippen molar-refractivity contribution in [3.05, 3.63) is 11.9 Å². The first-order chi connectivity index (χ1) is 7.51. The quantitative estimate of drug-likeness (QED) is 0.497. The number of likely N-dealkylation sites (N-methyl/N-ethyl adjacent to an activating group) is 1. The highest BCUT2D eigenvalue weighted by Gasteiger charge is 2.06. The lowest BCUT2D eigenvalue weighted by Gasteiger charge is -2.19. The topological polar surface area (TPSA) is 79.1 Å². The molecular formula is C10H20N6. The van der Waals surface area contributed by atoms with E-state index in [1.165, 1.54) is 0 Å². The fraction of sp³-hybridized carbons (Fsp3) is 0.600. The van der Waals surface area contributed by atoms with Crippen LogP contribution in [0.2, 0.25) is 0 Å². The van der Waals surface area contributed by atoms with Crippen LogP contribution in [0.3, 0.4) is 0 Å². The van der Waals surface area contributed by atoms with Crippen molar-refractivity contribution in [2.24, 2.45) is 5.84 Å². The highest BCUT2D eigenvalue weighted by atomic mass is 15.3. The van der Waals surface area contributed by atoms with Crippen molar-refractivity contribution in [1.29, 1.82) is 0 Å². The Hall–Kier alpha value is -1.40. The van der Waals surface area contributed by atoms with E-state index in [1.807, 2.05) is 21.0 Å². The number of aromatic nitrogens is 2. The van der Waals surface area contributed by atoms with Crippen LogP contribution < -0.4 is 16.6 Å². The number of hydrogen-bond acceptors (Lipinski definition) is 6. The molecule has 0 saturated heterocycles. The third-order valence-corrected chi connectivity index (χ3v) is 2.02. The zero-order valence-electron chi connectivity index (χ0n) is 10.3. The van der Waals surface area contributed by atoms with Crippen LogP contribution in [-0.2, 0) is 0 Å². The molecule has 16 heavy (non-hydrogen) atoms. The van der Waals surface area contributed by atoms with Crippen LogP contribution in [-0.4, -0.2) is 41.5 Å². The van der Waals surface area contributed by atoms with Gasteiger partial charge in [-0.15, -0.1) is 0 Å². The number of hydrogen-bond donors (Lipinski definition) is 3. The van der Waals surface area contributed by atoms with Crippen molar-refractivity contribution in [3.8, 4) is 0 Å². The van der Waals surface area contributed by atoms with Gasteiger partial charge in [-0.1, -0.05) is 0 Å². The highest BCUT2D eigenvalue weighted by Crippen LogP contribution is 2.10. The van der Waals surface area contributed by atoms with E-state index in [4.69, 9.17) is 5.84 Å². The molecule has 0 saturated carbocycles. The fourth-order valence-corrected chi connectivity index (χ4v) is 1.56. The average Bonchev–Trinajstić information content (AvgIpc) is 2.14. The molecule has 6 heteroatoms. The lowest BCUT2D eigenvalue weighted by molar-refractivity contribution is 0.392. The van der Waals surface area contributed by atoms with Crippen LogP contribution in [0.5, 0.6) is 0 Å². The second kappa shape index (κ2) is 5.62. The van der Waals surface area contributed by atoms with Crippen molar-refractivity contribution < 1.29 is 0 Å². The summed E-state index contributed by atoms with van der Waals surface area (Å²) in [6, 6.07) is 2.11. The van der Waals surface area contributed by atoms with Gasteiger partial charge in [0.2, 0.25) is 0 Å². The summed E-state index contributed by atoms with van der Waals surface area (Å²) in [5.74, 6) is 7.42. The van der Waals surface area contributed by atoms with Gasteiger partial charge in [0.15, 0.2) is 0 Å². The third kappa shape index (κ3) is 4.00. The molecule has 0 aliphatic rings. The van der Waals surface area contributed by atoms with E-state index in [0.717, 1.165) is 12.4 Å². The summed E-state index contributed by atoms with van der Waals surface area (Å²) in [6.07, 6.45) is 0. The second-order valence-corrected chi connectivity index (χ2v) is 4.14. The van der Waals surface area contributed by atoms with E-state index in [9.17, 15) is 0 Å². The Kier molecular flexibility index (Phi) is 4.45. The van der Waals surface area contributed by atoms with Gasteiger partial charge in [-0.05, 0) is 27.9 Å². The Morgan fingerprint density at radius 1 is 1.38 bits per heavy atom. The van der Waals surface area contributed by atoms with Crippen molar-refractivity contribution in [3.63, 3.8) is 0 Å². The first-order valence-corrected chi connectivity index (χ1v) is 5.25. The number of nitrogens with zero attached hydrogens (tertiary/aromatic N) is 3. The van der Waals surface area contributed by atoms with Gasteiger partial charge in [-0.2, -0.15) is 0 Å². The molecule has 1 aromatic rings. The Labute approximate surface area is 96.2 Å². The van der Waals surface area contributed by atoms with Gasteiger partial charge >= 0.3 is 0 Å². The van der Waals surface area contributed by atoms with E-state index < -0.39 is 0 Å². The number of nitrogen functional groups attached to an aromatic ring is 1. The fourth-order valence-electron chi connectivity index (χ4n) is 1.56. The van der Waals surface area contributed by atoms with Crippen molar-refractivity contribution in [2.45, 2.75) is 19.9 Å². The van der Waals surface area contributed by atoms with E-state index in [-0.39, 0.29) is 0 Å². The number of hydrazine groups is 1. The van der Waals surface area contributed by atoms with E-state index in [0.29, 0.717) is 17.7 Å². The van der Waals surface area contributed by atoms with Crippen molar-refractivity contribution in [2.75, 3.05) is 31.4 Å².